The fourth-order valence-corrected chi connectivity index (χ4v) is 3.10. The molecule has 1 aliphatic heterocycles. The molecule has 8 nitrogen and oxygen atoms in total. The fraction of sp³-hybridized carbons (Fsp3) is 0.421. The Morgan fingerprint density at radius 2 is 2.19 bits per heavy atom. The molecule has 2 heterocycles. The maximum Gasteiger partial charge on any atom is 0.260 e. The first-order chi connectivity index (χ1) is 13.0. The number of amides is 1. The number of hydrogen-bond donors (Lipinski definition) is 1. The summed E-state index contributed by atoms with van der Waals surface area (Å²) in [6.45, 7) is 1.99. The number of nitrogen functional groups attached to an aromatic ring is 1. The first kappa shape index (κ1) is 18.9. The second kappa shape index (κ2) is 8.68. The number of aromatic nitrogens is 2. The standard InChI is InChI=1S/C19H25N5O3/c1-23(12-18-21-8-6-17(20)22-18)14-7-9-24(11-14)19(25)13-27-16-5-3-4-15(10-16)26-2/h3-6,8,10,14H,7,9,11-13H2,1-2H3,(H2,20,21,22)/t14-/m0/s1. The Labute approximate surface area is 158 Å². The highest BCUT2D eigenvalue weighted by molar-refractivity contribution is 5.78. The second-order valence-corrected chi connectivity index (χ2v) is 6.56. The van der Waals surface area contributed by atoms with Gasteiger partial charge in [-0.3, -0.25) is 9.69 Å². The summed E-state index contributed by atoms with van der Waals surface area (Å²) in [4.78, 5) is 24.9. The van der Waals surface area contributed by atoms with Crippen molar-refractivity contribution in [2.75, 3.05) is 39.6 Å². The zero-order chi connectivity index (χ0) is 19.2. The third-order valence-electron chi connectivity index (χ3n) is 4.66. The van der Waals surface area contributed by atoms with Crippen LogP contribution in [0.15, 0.2) is 36.5 Å². The van der Waals surface area contributed by atoms with E-state index in [-0.39, 0.29) is 18.6 Å². The molecule has 2 N–H and O–H groups in total. The van der Waals surface area contributed by atoms with Gasteiger partial charge < -0.3 is 20.1 Å². The molecule has 1 fully saturated rings. The smallest absolute Gasteiger partial charge is 0.260 e. The molecule has 0 radical (unpaired) electrons. The Kier molecular flexibility index (Phi) is 6.08. The third kappa shape index (κ3) is 5.07. The molecule has 1 amide bonds. The van der Waals surface area contributed by atoms with E-state index in [4.69, 9.17) is 15.2 Å². The number of nitrogens with zero attached hydrogens (tertiary/aromatic N) is 4. The lowest BCUT2D eigenvalue weighted by molar-refractivity contribution is -0.132. The highest BCUT2D eigenvalue weighted by Crippen LogP contribution is 2.20. The van der Waals surface area contributed by atoms with E-state index in [1.54, 1.807) is 25.4 Å². The second-order valence-electron chi connectivity index (χ2n) is 6.56. The summed E-state index contributed by atoms with van der Waals surface area (Å²) in [5.41, 5.74) is 5.70. The van der Waals surface area contributed by atoms with Crippen molar-refractivity contribution in [3.8, 4) is 11.5 Å². The predicted octanol–water partition coefficient (Wildman–Crippen LogP) is 1.18. The molecule has 0 bridgehead atoms. The zero-order valence-corrected chi connectivity index (χ0v) is 15.7. The maximum absolute atomic E-state index is 12.5. The number of nitrogens with two attached hydrogens (primary N) is 1. The molecule has 1 atom stereocenters. The Morgan fingerprint density at radius 1 is 1.37 bits per heavy atom. The van der Waals surface area contributed by atoms with Gasteiger partial charge in [0.15, 0.2) is 6.61 Å². The molecular formula is C19H25N5O3. The molecule has 0 aliphatic carbocycles. The van der Waals surface area contributed by atoms with Gasteiger partial charge in [-0.05, 0) is 31.7 Å². The van der Waals surface area contributed by atoms with Gasteiger partial charge in [0.05, 0.1) is 13.7 Å². The Bertz CT molecular complexity index is 785. The van der Waals surface area contributed by atoms with Crippen molar-refractivity contribution in [1.82, 2.24) is 19.8 Å². The summed E-state index contributed by atoms with van der Waals surface area (Å²) >= 11 is 0. The molecule has 8 heteroatoms. The van der Waals surface area contributed by atoms with Gasteiger partial charge in [-0.25, -0.2) is 9.97 Å². The Balaban J connectivity index is 1.48. The van der Waals surface area contributed by atoms with Crippen molar-refractivity contribution in [2.24, 2.45) is 0 Å². The topological polar surface area (TPSA) is 93.8 Å². The third-order valence-corrected chi connectivity index (χ3v) is 4.66. The molecule has 3 rings (SSSR count). The van der Waals surface area contributed by atoms with Crippen LogP contribution < -0.4 is 15.2 Å². The molecule has 0 spiro atoms. The quantitative estimate of drug-likeness (QED) is 0.781. The van der Waals surface area contributed by atoms with Gasteiger partial charge >= 0.3 is 0 Å². The maximum atomic E-state index is 12.5. The number of carbonyl (C=O) groups excluding carboxylic acids is 1. The normalized spacial score (nSPS) is 16.6. The van der Waals surface area contributed by atoms with Gasteiger partial charge in [0.1, 0.15) is 23.1 Å². The van der Waals surface area contributed by atoms with Crippen LogP contribution in [-0.4, -0.2) is 65.6 Å². The summed E-state index contributed by atoms with van der Waals surface area (Å²) < 4.78 is 10.8. The number of likely N-dealkylation sites (tertiary alicyclic amines) is 1. The lowest BCUT2D eigenvalue weighted by atomic mass is 10.2. The molecule has 0 unspecified atom stereocenters. The van der Waals surface area contributed by atoms with E-state index in [9.17, 15) is 4.79 Å². The van der Waals surface area contributed by atoms with Gasteiger partial charge in [0, 0.05) is 31.4 Å². The van der Waals surface area contributed by atoms with Crippen LogP contribution in [0.5, 0.6) is 11.5 Å². The summed E-state index contributed by atoms with van der Waals surface area (Å²) in [7, 11) is 3.61. The van der Waals surface area contributed by atoms with Crippen molar-refractivity contribution >= 4 is 11.7 Å². The van der Waals surface area contributed by atoms with Gasteiger partial charge in [-0.1, -0.05) is 6.07 Å². The van der Waals surface area contributed by atoms with Gasteiger partial charge in [-0.2, -0.15) is 0 Å². The van der Waals surface area contributed by atoms with Crippen molar-refractivity contribution in [1.29, 1.82) is 0 Å². The number of benzene rings is 1. The van der Waals surface area contributed by atoms with Gasteiger partial charge in [0.25, 0.3) is 5.91 Å². The predicted molar refractivity (Wildman–Crippen MR) is 101 cm³/mol. The molecule has 0 saturated carbocycles. The molecule has 1 aliphatic rings. The molecule has 1 saturated heterocycles. The average Bonchev–Trinajstić information content (AvgIpc) is 3.17. The lowest BCUT2D eigenvalue weighted by Gasteiger charge is -2.24. The van der Waals surface area contributed by atoms with E-state index in [2.05, 4.69) is 14.9 Å². The Hall–Kier alpha value is -2.87. The summed E-state index contributed by atoms with van der Waals surface area (Å²) in [6, 6.07) is 9.16. The van der Waals surface area contributed by atoms with Crippen molar-refractivity contribution in [2.45, 2.75) is 19.0 Å². The van der Waals surface area contributed by atoms with Crippen LogP contribution in [0, 0.1) is 0 Å². The van der Waals surface area contributed by atoms with Crippen molar-refractivity contribution < 1.29 is 14.3 Å². The molecule has 27 heavy (non-hydrogen) atoms. The van der Waals surface area contributed by atoms with Crippen molar-refractivity contribution in [3.05, 3.63) is 42.4 Å². The van der Waals surface area contributed by atoms with Crippen LogP contribution in [-0.2, 0) is 11.3 Å². The number of hydrogen-bond acceptors (Lipinski definition) is 7. The molecule has 2 aromatic rings. The SMILES string of the molecule is COc1cccc(OCC(=O)N2CC[C@H](N(C)Cc3nccc(N)n3)C2)c1. The average molecular weight is 371 g/mol. The van der Waals surface area contributed by atoms with Crippen LogP contribution in [0.4, 0.5) is 5.82 Å². The summed E-state index contributed by atoms with van der Waals surface area (Å²) in [6.07, 6.45) is 2.57. The molecule has 144 valence electrons. The number of rotatable bonds is 7. The van der Waals surface area contributed by atoms with Crippen LogP contribution in [0.3, 0.4) is 0 Å². The van der Waals surface area contributed by atoms with E-state index >= 15 is 0 Å². The van der Waals surface area contributed by atoms with E-state index in [0.29, 0.717) is 42.8 Å². The number of methoxy groups -OCH3 is 1. The van der Waals surface area contributed by atoms with Crippen LogP contribution in [0.2, 0.25) is 0 Å². The van der Waals surface area contributed by atoms with Gasteiger partial charge in [-0.15, -0.1) is 0 Å². The number of ether oxygens (including phenoxy) is 2. The number of anilines is 1. The van der Waals surface area contributed by atoms with Crippen LogP contribution in [0.1, 0.15) is 12.2 Å². The van der Waals surface area contributed by atoms with Crippen LogP contribution in [0.25, 0.3) is 0 Å². The highest BCUT2D eigenvalue weighted by Gasteiger charge is 2.29. The molecule has 1 aromatic heterocycles. The number of likely N-dealkylation sites (N-methyl/N-ethyl adjacent to an activating group) is 1. The Morgan fingerprint density at radius 3 is 2.96 bits per heavy atom. The fourth-order valence-electron chi connectivity index (χ4n) is 3.10. The summed E-state index contributed by atoms with van der Waals surface area (Å²) in [5, 5.41) is 0. The molecular weight excluding hydrogens is 346 g/mol. The highest BCUT2D eigenvalue weighted by atomic mass is 16.5. The van der Waals surface area contributed by atoms with E-state index in [1.807, 2.05) is 30.1 Å². The van der Waals surface area contributed by atoms with E-state index in [1.165, 1.54) is 0 Å². The zero-order valence-electron chi connectivity index (χ0n) is 15.7. The minimum absolute atomic E-state index is 0.0158. The lowest BCUT2D eigenvalue weighted by Crippen LogP contribution is -2.38. The monoisotopic (exact) mass is 371 g/mol. The van der Waals surface area contributed by atoms with Gasteiger partial charge in [0.2, 0.25) is 0 Å². The van der Waals surface area contributed by atoms with Crippen LogP contribution >= 0.6 is 0 Å². The largest absolute Gasteiger partial charge is 0.497 e. The van der Waals surface area contributed by atoms with Crippen molar-refractivity contribution in [3.63, 3.8) is 0 Å². The first-order valence-electron chi connectivity index (χ1n) is 8.87. The van der Waals surface area contributed by atoms with E-state index < -0.39 is 0 Å². The number of carbonyl (C=O) groups is 1. The minimum atomic E-state index is -0.0195. The first-order valence-corrected chi connectivity index (χ1v) is 8.87. The minimum Gasteiger partial charge on any atom is -0.497 e. The summed E-state index contributed by atoms with van der Waals surface area (Å²) in [5.74, 6) is 2.45. The van der Waals surface area contributed by atoms with E-state index in [0.717, 1.165) is 6.42 Å². The molecule has 1 aromatic carbocycles.